The van der Waals surface area contributed by atoms with Gasteiger partial charge in [-0.15, -0.1) is 0 Å². The molecule has 0 aromatic rings. The number of carbonyl (C=O) groups excluding carboxylic acids is 1. The maximum Gasteiger partial charge on any atom is 0.410 e. The molecule has 2 fully saturated rings. The van der Waals surface area contributed by atoms with Crippen molar-refractivity contribution in [2.45, 2.75) is 70.2 Å². The number of fused-ring (bicyclic) bond motifs is 2. The van der Waals surface area contributed by atoms with Crippen molar-refractivity contribution in [1.82, 2.24) is 4.90 Å². The van der Waals surface area contributed by atoms with Crippen LogP contribution < -0.4 is 5.73 Å². The van der Waals surface area contributed by atoms with Crippen LogP contribution in [0.2, 0.25) is 0 Å². The lowest BCUT2D eigenvalue weighted by atomic mass is 9.99. The predicted octanol–water partition coefficient (Wildman–Crippen LogP) is 1.88. The van der Waals surface area contributed by atoms with Crippen molar-refractivity contribution < 1.29 is 9.53 Å². The average molecular weight is 226 g/mol. The molecule has 2 aliphatic rings. The molecule has 0 aromatic heterocycles. The minimum atomic E-state index is -0.419. The highest BCUT2D eigenvalue weighted by atomic mass is 16.6. The van der Waals surface area contributed by atoms with Crippen LogP contribution in [0, 0.1) is 0 Å². The average Bonchev–Trinajstić information content (AvgIpc) is 2.46. The van der Waals surface area contributed by atoms with Gasteiger partial charge in [0.05, 0.1) is 6.04 Å². The highest BCUT2D eigenvalue weighted by molar-refractivity contribution is 5.69. The van der Waals surface area contributed by atoms with Crippen LogP contribution in [0.3, 0.4) is 0 Å². The van der Waals surface area contributed by atoms with Crippen LogP contribution in [-0.4, -0.2) is 34.7 Å². The van der Waals surface area contributed by atoms with Crippen molar-refractivity contribution in [3.05, 3.63) is 0 Å². The molecule has 0 radical (unpaired) electrons. The molecule has 2 heterocycles. The molecule has 0 aromatic carbocycles. The number of hydrogen-bond donors (Lipinski definition) is 1. The largest absolute Gasteiger partial charge is 0.444 e. The SMILES string of the molecule is CC(C)(C)OC(=O)N1[C@@H]2CC[C@H](N)[C@@H]1CC2. The molecular weight excluding hydrogens is 204 g/mol. The van der Waals surface area contributed by atoms with Gasteiger partial charge in [-0.25, -0.2) is 4.79 Å². The summed E-state index contributed by atoms with van der Waals surface area (Å²) in [6.45, 7) is 5.70. The van der Waals surface area contributed by atoms with Gasteiger partial charge >= 0.3 is 6.09 Å². The zero-order valence-corrected chi connectivity index (χ0v) is 10.4. The quantitative estimate of drug-likeness (QED) is 0.686. The third kappa shape index (κ3) is 2.17. The number of piperidine rings is 1. The predicted molar refractivity (Wildman–Crippen MR) is 62.1 cm³/mol. The topological polar surface area (TPSA) is 55.6 Å². The second-order valence-corrected chi connectivity index (χ2v) is 5.93. The van der Waals surface area contributed by atoms with Crippen molar-refractivity contribution >= 4 is 6.09 Å². The van der Waals surface area contributed by atoms with Crippen LogP contribution in [0.1, 0.15) is 46.5 Å². The summed E-state index contributed by atoms with van der Waals surface area (Å²) in [5, 5.41) is 0. The van der Waals surface area contributed by atoms with Gasteiger partial charge in [-0.1, -0.05) is 0 Å². The summed E-state index contributed by atoms with van der Waals surface area (Å²) in [7, 11) is 0. The van der Waals surface area contributed by atoms with Gasteiger partial charge in [-0.3, -0.25) is 0 Å². The molecule has 2 rings (SSSR count). The summed E-state index contributed by atoms with van der Waals surface area (Å²) in [4.78, 5) is 14.0. The first-order valence-corrected chi connectivity index (χ1v) is 6.15. The Morgan fingerprint density at radius 2 is 1.88 bits per heavy atom. The molecule has 0 saturated carbocycles. The van der Waals surface area contributed by atoms with Gasteiger partial charge in [-0.05, 0) is 46.5 Å². The summed E-state index contributed by atoms with van der Waals surface area (Å²) in [6.07, 6.45) is 3.99. The molecule has 2 N–H and O–H groups in total. The normalized spacial score (nSPS) is 34.0. The monoisotopic (exact) mass is 226 g/mol. The fourth-order valence-electron chi connectivity index (χ4n) is 2.79. The van der Waals surface area contributed by atoms with Gasteiger partial charge in [0.1, 0.15) is 5.60 Å². The Hall–Kier alpha value is -0.770. The molecule has 2 aliphatic heterocycles. The van der Waals surface area contributed by atoms with Crippen molar-refractivity contribution in [2.24, 2.45) is 5.73 Å². The lowest BCUT2D eigenvalue weighted by Gasteiger charge is -2.39. The number of amides is 1. The summed E-state index contributed by atoms with van der Waals surface area (Å²) in [5.41, 5.74) is 5.64. The molecule has 0 spiro atoms. The Morgan fingerprint density at radius 1 is 1.25 bits per heavy atom. The van der Waals surface area contributed by atoms with Crippen molar-refractivity contribution in [3.8, 4) is 0 Å². The minimum absolute atomic E-state index is 0.131. The van der Waals surface area contributed by atoms with E-state index in [4.69, 9.17) is 10.5 Å². The summed E-state index contributed by atoms with van der Waals surface area (Å²) >= 11 is 0. The number of hydrogen-bond acceptors (Lipinski definition) is 3. The minimum Gasteiger partial charge on any atom is -0.444 e. The van der Waals surface area contributed by atoms with Crippen LogP contribution in [0.5, 0.6) is 0 Å². The third-order valence-electron chi connectivity index (χ3n) is 3.48. The molecule has 1 amide bonds. The second-order valence-electron chi connectivity index (χ2n) is 5.93. The van der Waals surface area contributed by atoms with E-state index in [0.29, 0.717) is 6.04 Å². The van der Waals surface area contributed by atoms with Gasteiger partial charge in [-0.2, -0.15) is 0 Å². The van der Waals surface area contributed by atoms with Crippen LogP contribution >= 0.6 is 0 Å². The maximum atomic E-state index is 12.1. The first-order chi connectivity index (χ1) is 7.38. The van der Waals surface area contributed by atoms with E-state index in [1.807, 2.05) is 25.7 Å². The van der Waals surface area contributed by atoms with Crippen LogP contribution in [0.15, 0.2) is 0 Å². The van der Waals surface area contributed by atoms with Gasteiger partial charge < -0.3 is 15.4 Å². The Bertz CT molecular complexity index is 285. The smallest absolute Gasteiger partial charge is 0.410 e. The summed E-state index contributed by atoms with van der Waals surface area (Å²) in [5.74, 6) is 0. The zero-order valence-electron chi connectivity index (χ0n) is 10.4. The molecule has 0 aliphatic carbocycles. The van der Waals surface area contributed by atoms with E-state index in [1.165, 1.54) is 0 Å². The standard InChI is InChI=1S/C12H22N2O2/c1-12(2,3)16-11(15)14-8-4-6-9(13)10(14)7-5-8/h8-10H,4-7,13H2,1-3H3/t8-,9+,10+/m1/s1. The second kappa shape index (κ2) is 3.91. The molecule has 2 bridgehead atoms. The Kier molecular flexibility index (Phi) is 2.86. The van der Waals surface area contributed by atoms with E-state index in [-0.39, 0.29) is 18.2 Å². The van der Waals surface area contributed by atoms with E-state index in [0.717, 1.165) is 25.7 Å². The van der Waals surface area contributed by atoms with E-state index in [9.17, 15) is 4.79 Å². The number of rotatable bonds is 0. The zero-order chi connectivity index (χ0) is 11.9. The van der Waals surface area contributed by atoms with E-state index < -0.39 is 5.60 Å². The fourth-order valence-corrected chi connectivity index (χ4v) is 2.79. The highest BCUT2D eigenvalue weighted by Gasteiger charge is 2.44. The van der Waals surface area contributed by atoms with E-state index in [1.54, 1.807) is 0 Å². The van der Waals surface area contributed by atoms with Crippen LogP contribution in [0.4, 0.5) is 4.79 Å². The lowest BCUT2D eigenvalue weighted by molar-refractivity contribution is 0.00505. The molecular formula is C12H22N2O2. The molecule has 4 nitrogen and oxygen atoms in total. The lowest BCUT2D eigenvalue weighted by Crippen LogP contribution is -2.54. The van der Waals surface area contributed by atoms with Crippen molar-refractivity contribution in [3.63, 3.8) is 0 Å². The Labute approximate surface area is 97.1 Å². The van der Waals surface area contributed by atoms with Crippen molar-refractivity contribution in [1.29, 1.82) is 0 Å². The molecule has 4 heteroatoms. The first kappa shape index (κ1) is 11.7. The Balaban J connectivity index is 2.07. The summed E-state index contributed by atoms with van der Waals surface area (Å²) in [6, 6.07) is 0.694. The van der Waals surface area contributed by atoms with Crippen molar-refractivity contribution in [2.75, 3.05) is 0 Å². The van der Waals surface area contributed by atoms with Gasteiger partial charge in [0.15, 0.2) is 0 Å². The maximum absolute atomic E-state index is 12.1. The first-order valence-electron chi connectivity index (χ1n) is 6.15. The molecule has 92 valence electrons. The van der Waals surface area contributed by atoms with Crippen LogP contribution in [0.25, 0.3) is 0 Å². The number of ether oxygens (including phenoxy) is 1. The highest BCUT2D eigenvalue weighted by Crippen LogP contribution is 2.35. The van der Waals surface area contributed by atoms with Gasteiger partial charge in [0.2, 0.25) is 0 Å². The molecule has 3 atom stereocenters. The number of nitrogens with zero attached hydrogens (tertiary/aromatic N) is 1. The Morgan fingerprint density at radius 3 is 2.50 bits per heavy atom. The van der Waals surface area contributed by atoms with Crippen LogP contribution in [-0.2, 0) is 4.74 Å². The van der Waals surface area contributed by atoms with E-state index in [2.05, 4.69) is 0 Å². The number of carbonyl (C=O) groups is 1. The molecule has 16 heavy (non-hydrogen) atoms. The number of nitrogens with two attached hydrogens (primary N) is 1. The van der Waals surface area contributed by atoms with E-state index >= 15 is 0 Å². The molecule has 0 unspecified atom stereocenters. The summed E-state index contributed by atoms with van der Waals surface area (Å²) < 4.78 is 5.44. The van der Waals surface area contributed by atoms with Gasteiger partial charge in [0.25, 0.3) is 0 Å². The molecule has 2 saturated heterocycles. The third-order valence-corrected chi connectivity index (χ3v) is 3.48. The fraction of sp³-hybridized carbons (Fsp3) is 0.917. The van der Waals surface area contributed by atoms with Gasteiger partial charge in [0, 0.05) is 12.1 Å².